The van der Waals surface area contributed by atoms with Crippen molar-refractivity contribution in [1.29, 1.82) is 0 Å². The molecule has 8 nitrogen and oxygen atoms in total. The van der Waals surface area contributed by atoms with E-state index in [0.29, 0.717) is 24.6 Å². The summed E-state index contributed by atoms with van der Waals surface area (Å²) in [6.07, 6.45) is 1.14. The predicted octanol–water partition coefficient (Wildman–Crippen LogP) is 1.92. The van der Waals surface area contributed by atoms with E-state index in [9.17, 15) is 18.0 Å². The van der Waals surface area contributed by atoms with Crippen LogP contribution in [-0.4, -0.2) is 49.4 Å². The van der Waals surface area contributed by atoms with Gasteiger partial charge in [-0.25, -0.2) is 19.9 Å². The van der Waals surface area contributed by atoms with E-state index in [1.807, 2.05) is 4.90 Å². The molecule has 0 radical (unpaired) electrons. The van der Waals surface area contributed by atoms with Gasteiger partial charge in [-0.05, 0) is 12.5 Å². The van der Waals surface area contributed by atoms with E-state index in [2.05, 4.69) is 25.3 Å². The summed E-state index contributed by atoms with van der Waals surface area (Å²) in [5.41, 5.74) is -0.417. The van der Waals surface area contributed by atoms with Gasteiger partial charge in [-0.3, -0.25) is 9.20 Å². The van der Waals surface area contributed by atoms with Crippen molar-refractivity contribution in [2.24, 2.45) is 0 Å². The molecular formula is C17H16F3N7O. The van der Waals surface area contributed by atoms with Gasteiger partial charge < -0.3 is 10.2 Å². The van der Waals surface area contributed by atoms with E-state index >= 15 is 0 Å². The average Bonchev–Trinajstić information content (AvgIpc) is 3.27. The van der Waals surface area contributed by atoms with Crippen LogP contribution in [0.15, 0.2) is 30.9 Å². The lowest BCUT2D eigenvalue weighted by atomic mass is 10.3. The highest BCUT2D eigenvalue weighted by atomic mass is 19.4. The lowest BCUT2D eigenvalue weighted by Crippen LogP contribution is -2.35. The molecule has 3 aromatic rings. The van der Waals surface area contributed by atoms with Crippen LogP contribution >= 0.6 is 0 Å². The van der Waals surface area contributed by atoms with Crippen LogP contribution in [0.5, 0.6) is 0 Å². The van der Waals surface area contributed by atoms with Gasteiger partial charge >= 0.3 is 6.18 Å². The van der Waals surface area contributed by atoms with Crippen LogP contribution in [0.4, 0.5) is 19.0 Å². The van der Waals surface area contributed by atoms with Crippen molar-refractivity contribution in [3.8, 4) is 11.5 Å². The zero-order chi connectivity index (χ0) is 19.9. The van der Waals surface area contributed by atoms with Gasteiger partial charge in [-0.2, -0.15) is 13.2 Å². The molecule has 4 rings (SSSR count). The number of alkyl halides is 3. The average molecular weight is 391 g/mol. The summed E-state index contributed by atoms with van der Waals surface area (Å²) < 4.78 is 40.2. The maximum absolute atomic E-state index is 13.0. The Kier molecular flexibility index (Phi) is 4.36. The Morgan fingerprint density at radius 1 is 1.25 bits per heavy atom. The number of carbonyl (C=O) groups is 1. The van der Waals surface area contributed by atoms with Crippen LogP contribution in [-0.2, 0) is 11.0 Å². The number of hydrogen-bond donors (Lipinski definition) is 1. The van der Waals surface area contributed by atoms with Gasteiger partial charge in [0.2, 0.25) is 5.91 Å². The number of carbonyl (C=O) groups excluding carboxylic acids is 1. The molecule has 1 saturated heterocycles. The summed E-state index contributed by atoms with van der Waals surface area (Å²) in [5.74, 6) is 0.806. The third-order valence-electron chi connectivity index (χ3n) is 4.48. The Bertz CT molecular complexity index is 1030. The number of nitrogens with zero attached hydrogens (tertiary/aromatic N) is 6. The zero-order valence-electron chi connectivity index (χ0n) is 14.8. The highest BCUT2D eigenvalue weighted by molar-refractivity contribution is 5.73. The molecule has 4 heterocycles. The lowest BCUT2D eigenvalue weighted by molar-refractivity contribution is -0.141. The van der Waals surface area contributed by atoms with Gasteiger partial charge in [0.1, 0.15) is 11.5 Å². The molecule has 3 aromatic heterocycles. The van der Waals surface area contributed by atoms with Crippen LogP contribution in [0.3, 0.4) is 0 Å². The number of amides is 1. The van der Waals surface area contributed by atoms with Crippen molar-refractivity contribution in [2.45, 2.75) is 25.6 Å². The van der Waals surface area contributed by atoms with Gasteiger partial charge in [-0.1, -0.05) is 0 Å². The number of fused-ring (bicyclic) bond motifs is 1. The second kappa shape index (κ2) is 6.73. The predicted molar refractivity (Wildman–Crippen MR) is 93.4 cm³/mol. The maximum Gasteiger partial charge on any atom is 0.434 e. The number of hydrogen-bond acceptors (Lipinski definition) is 6. The number of imidazole rings is 1. The SMILES string of the molecule is CC(=O)NC1CCN(c2ccnc(-c3cnc4cnc(C(F)(F)F)cn34)n2)C1. The van der Waals surface area contributed by atoms with Crippen molar-refractivity contribution < 1.29 is 18.0 Å². The van der Waals surface area contributed by atoms with E-state index in [1.165, 1.54) is 17.5 Å². The molecule has 1 fully saturated rings. The van der Waals surface area contributed by atoms with E-state index in [0.717, 1.165) is 18.8 Å². The molecule has 1 N–H and O–H groups in total. The molecule has 0 aliphatic carbocycles. The standard InChI is InChI=1S/C17H16F3N7O/c1-10(28)24-11-3-5-26(8-11)14-2-4-21-16(25-14)12-6-23-15-7-22-13(9-27(12)15)17(18,19)20/h2,4,6-7,9,11H,3,5,8H2,1H3,(H,24,28). The van der Waals surface area contributed by atoms with Gasteiger partial charge in [0.15, 0.2) is 17.2 Å². The zero-order valence-corrected chi connectivity index (χ0v) is 14.8. The second-order valence-corrected chi connectivity index (χ2v) is 6.51. The quantitative estimate of drug-likeness (QED) is 0.734. The third kappa shape index (κ3) is 3.47. The lowest BCUT2D eigenvalue weighted by Gasteiger charge is -2.18. The van der Waals surface area contributed by atoms with Crippen LogP contribution in [0.2, 0.25) is 0 Å². The first kappa shape index (κ1) is 18.1. The molecule has 1 amide bonds. The summed E-state index contributed by atoms with van der Waals surface area (Å²) in [5, 5.41) is 2.88. The van der Waals surface area contributed by atoms with Crippen molar-refractivity contribution in [1.82, 2.24) is 29.7 Å². The summed E-state index contributed by atoms with van der Waals surface area (Å²) in [4.78, 5) is 29.4. The fourth-order valence-corrected chi connectivity index (χ4v) is 3.22. The topological polar surface area (TPSA) is 88.3 Å². The van der Waals surface area contributed by atoms with Gasteiger partial charge in [0, 0.05) is 38.4 Å². The Hall–Kier alpha value is -3.24. The molecule has 0 bridgehead atoms. The smallest absolute Gasteiger partial charge is 0.354 e. The molecule has 0 spiro atoms. The molecule has 1 aliphatic rings. The van der Waals surface area contributed by atoms with Crippen molar-refractivity contribution >= 4 is 17.4 Å². The van der Waals surface area contributed by atoms with Crippen LogP contribution in [0, 0.1) is 0 Å². The van der Waals surface area contributed by atoms with E-state index in [-0.39, 0.29) is 23.4 Å². The van der Waals surface area contributed by atoms with E-state index in [1.54, 1.807) is 12.3 Å². The van der Waals surface area contributed by atoms with Crippen LogP contribution in [0.25, 0.3) is 17.2 Å². The minimum atomic E-state index is -4.56. The fourth-order valence-electron chi connectivity index (χ4n) is 3.22. The molecule has 28 heavy (non-hydrogen) atoms. The third-order valence-corrected chi connectivity index (χ3v) is 4.48. The Morgan fingerprint density at radius 3 is 2.82 bits per heavy atom. The Labute approximate surface area is 157 Å². The number of rotatable bonds is 3. The monoisotopic (exact) mass is 391 g/mol. The maximum atomic E-state index is 13.0. The summed E-state index contributed by atoms with van der Waals surface area (Å²) in [6, 6.07) is 1.76. The first-order chi connectivity index (χ1) is 13.3. The Balaban J connectivity index is 1.66. The molecule has 11 heteroatoms. The van der Waals surface area contributed by atoms with Crippen molar-refractivity contribution in [3.63, 3.8) is 0 Å². The van der Waals surface area contributed by atoms with Gasteiger partial charge in [0.25, 0.3) is 0 Å². The summed E-state index contributed by atoms with van der Waals surface area (Å²) in [7, 11) is 0. The molecule has 146 valence electrons. The van der Waals surface area contributed by atoms with E-state index < -0.39 is 11.9 Å². The highest BCUT2D eigenvalue weighted by Crippen LogP contribution is 2.29. The Morgan fingerprint density at radius 2 is 2.07 bits per heavy atom. The molecule has 1 aliphatic heterocycles. The summed E-state index contributed by atoms with van der Waals surface area (Å²) >= 11 is 0. The normalized spacial score (nSPS) is 17.3. The number of anilines is 1. The first-order valence-electron chi connectivity index (χ1n) is 8.57. The van der Waals surface area contributed by atoms with Crippen LogP contribution in [0.1, 0.15) is 19.0 Å². The molecule has 0 aromatic carbocycles. The number of halogens is 3. The molecule has 1 atom stereocenters. The fraction of sp³-hybridized carbons (Fsp3) is 0.353. The van der Waals surface area contributed by atoms with Crippen molar-refractivity contribution in [3.05, 3.63) is 36.5 Å². The van der Waals surface area contributed by atoms with E-state index in [4.69, 9.17) is 0 Å². The van der Waals surface area contributed by atoms with Gasteiger partial charge in [0.05, 0.1) is 12.4 Å². The highest BCUT2D eigenvalue weighted by Gasteiger charge is 2.33. The molecular weight excluding hydrogens is 375 g/mol. The minimum absolute atomic E-state index is 0.0344. The molecule has 1 unspecified atom stereocenters. The molecule has 0 saturated carbocycles. The second-order valence-electron chi connectivity index (χ2n) is 6.51. The summed E-state index contributed by atoms with van der Waals surface area (Å²) in [6.45, 7) is 2.78. The van der Waals surface area contributed by atoms with Crippen molar-refractivity contribution in [2.75, 3.05) is 18.0 Å². The number of aromatic nitrogens is 5. The van der Waals surface area contributed by atoms with Gasteiger partial charge in [-0.15, -0.1) is 0 Å². The number of nitrogens with one attached hydrogen (secondary N) is 1. The largest absolute Gasteiger partial charge is 0.434 e. The minimum Gasteiger partial charge on any atom is -0.354 e. The van der Waals surface area contributed by atoms with Crippen LogP contribution < -0.4 is 10.2 Å². The first-order valence-corrected chi connectivity index (χ1v) is 8.57.